The Bertz CT molecular complexity index is 410. The van der Waals surface area contributed by atoms with E-state index in [2.05, 4.69) is 10.6 Å². The summed E-state index contributed by atoms with van der Waals surface area (Å²) in [5.41, 5.74) is 0.601. The highest BCUT2D eigenvalue weighted by molar-refractivity contribution is 5.81. The lowest BCUT2D eigenvalue weighted by atomic mass is 10.2. The first kappa shape index (κ1) is 14.6. The molecule has 2 N–H and O–H groups in total. The lowest BCUT2D eigenvalue weighted by Crippen LogP contribution is -2.42. The van der Waals surface area contributed by atoms with Gasteiger partial charge in [0.05, 0.1) is 6.04 Å². The van der Waals surface area contributed by atoms with Crippen LogP contribution < -0.4 is 10.6 Å². The Morgan fingerprint density at radius 2 is 2.06 bits per heavy atom. The van der Waals surface area contributed by atoms with E-state index in [-0.39, 0.29) is 11.9 Å². The number of hydrogen-bond acceptors (Lipinski definition) is 2. The molecule has 1 aromatic rings. The van der Waals surface area contributed by atoms with Gasteiger partial charge in [-0.25, -0.2) is 8.78 Å². The summed E-state index contributed by atoms with van der Waals surface area (Å²) >= 11 is 0. The van der Waals surface area contributed by atoms with Crippen molar-refractivity contribution in [2.24, 2.45) is 0 Å². The average Bonchev–Trinajstić information content (AvgIpc) is 2.36. The van der Waals surface area contributed by atoms with Crippen LogP contribution in [0.15, 0.2) is 18.2 Å². The molecule has 5 heteroatoms. The third-order valence-electron chi connectivity index (χ3n) is 2.54. The molecule has 3 nitrogen and oxygen atoms in total. The first-order valence-electron chi connectivity index (χ1n) is 5.99. The normalized spacial score (nSPS) is 12.2. The molecule has 100 valence electrons. The van der Waals surface area contributed by atoms with E-state index in [9.17, 15) is 13.6 Å². The molecule has 0 fully saturated rings. The third kappa shape index (κ3) is 4.41. The molecule has 1 atom stereocenters. The Labute approximate surface area is 106 Å². The Balaban J connectivity index is 2.44. The van der Waals surface area contributed by atoms with E-state index in [1.807, 2.05) is 6.92 Å². The topological polar surface area (TPSA) is 41.1 Å². The summed E-state index contributed by atoms with van der Waals surface area (Å²) in [5.74, 6) is -1.84. The number of carbonyl (C=O) groups is 1. The van der Waals surface area contributed by atoms with Crippen LogP contribution in [0.3, 0.4) is 0 Å². The van der Waals surface area contributed by atoms with Crippen molar-refractivity contribution in [3.05, 3.63) is 35.4 Å². The SMILES string of the molecule is CCCNC(=O)C(C)NCc1ccc(F)c(F)c1. The smallest absolute Gasteiger partial charge is 0.236 e. The van der Waals surface area contributed by atoms with Gasteiger partial charge in [-0.2, -0.15) is 0 Å². The number of rotatable bonds is 6. The molecule has 0 aromatic heterocycles. The summed E-state index contributed by atoms with van der Waals surface area (Å²) in [6, 6.07) is 3.32. The second kappa shape index (κ2) is 7.06. The zero-order chi connectivity index (χ0) is 13.5. The lowest BCUT2D eigenvalue weighted by molar-refractivity contribution is -0.122. The van der Waals surface area contributed by atoms with Crippen LogP contribution in [0.4, 0.5) is 8.78 Å². The number of hydrogen-bond donors (Lipinski definition) is 2. The van der Waals surface area contributed by atoms with Gasteiger partial charge in [-0.15, -0.1) is 0 Å². The van der Waals surface area contributed by atoms with E-state index in [4.69, 9.17) is 0 Å². The molecule has 1 amide bonds. The van der Waals surface area contributed by atoms with Gasteiger partial charge in [-0.05, 0) is 31.0 Å². The summed E-state index contributed by atoms with van der Waals surface area (Å²) in [7, 11) is 0. The molecule has 0 bridgehead atoms. The van der Waals surface area contributed by atoms with Gasteiger partial charge >= 0.3 is 0 Å². The second-order valence-electron chi connectivity index (χ2n) is 4.14. The van der Waals surface area contributed by atoms with Crippen molar-refractivity contribution < 1.29 is 13.6 Å². The maximum Gasteiger partial charge on any atom is 0.236 e. The first-order chi connectivity index (χ1) is 8.54. The third-order valence-corrected chi connectivity index (χ3v) is 2.54. The summed E-state index contributed by atoms with van der Waals surface area (Å²) in [6.07, 6.45) is 0.877. The average molecular weight is 256 g/mol. The molecule has 0 aliphatic rings. The molecule has 1 aromatic carbocycles. The van der Waals surface area contributed by atoms with Gasteiger partial charge in [0.1, 0.15) is 0 Å². The van der Waals surface area contributed by atoms with Gasteiger partial charge in [0.25, 0.3) is 0 Å². The number of amides is 1. The highest BCUT2D eigenvalue weighted by Gasteiger charge is 2.11. The largest absolute Gasteiger partial charge is 0.355 e. The van der Waals surface area contributed by atoms with Crippen molar-refractivity contribution in [1.29, 1.82) is 0 Å². The minimum Gasteiger partial charge on any atom is -0.355 e. The Hall–Kier alpha value is -1.49. The van der Waals surface area contributed by atoms with Crippen LogP contribution in [-0.4, -0.2) is 18.5 Å². The van der Waals surface area contributed by atoms with Gasteiger partial charge < -0.3 is 10.6 Å². The van der Waals surface area contributed by atoms with Gasteiger partial charge in [-0.3, -0.25) is 4.79 Å². The molecule has 0 saturated carbocycles. The zero-order valence-electron chi connectivity index (χ0n) is 10.6. The molecule has 0 heterocycles. The highest BCUT2D eigenvalue weighted by Crippen LogP contribution is 2.08. The quantitative estimate of drug-likeness (QED) is 0.817. The number of nitrogens with one attached hydrogen (secondary N) is 2. The van der Waals surface area contributed by atoms with Gasteiger partial charge in [0.15, 0.2) is 11.6 Å². The molecular formula is C13H18F2N2O. The van der Waals surface area contributed by atoms with Crippen molar-refractivity contribution in [2.45, 2.75) is 32.9 Å². The predicted molar refractivity (Wildman–Crippen MR) is 66.0 cm³/mol. The fraction of sp³-hybridized carbons (Fsp3) is 0.462. The zero-order valence-corrected chi connectivity index (χ0v) is 10.6. The Morgan fingerprint density at radius 3 is 2.67 bits per heavy atom. The molecule has 0 saturated heterocycles. The number of halogens is 2. The van der Waals surface area contributed by atoms with Crippen LogP contribution in [0.1, 0.15) is 25.8 Å². The lowest BCUT2D eigenvalue weighted by Gasteiger charge is -2.13. The fourth-order valence-electron chi connectivity index (χ4n) is 1.41. The molecule has 0 aliphatic carbocycles. The van der Waals surface area contributed by atoms with Gasteiger partial charge in [-0.1, -0.05) is 13.0 Å². The fourth-order valence-corrected chi connectivity index (χ4v) is 1.41. The minimum absolute atomic E-state index is 0.0977. The van der Waals surface area contributed by atoms with Crippen molar-refractivity contribution in [3.63, 3.8) is 0 Å². The molecular weight excluding hydrogens is 238 g/mol. The second-order valence-corrected chi connectivity index (χ2v) is 4.14. The molecule has 18 heavy (non-hydrogen) atoms. The van der Waals surface area contributed by atoms with Crippen LogP contribution >= 0.6 is 0 Å². The van der Waals surface area contributed by atoms with Crippen molar-refractivity contribution in [2.75, 3.05) is 6.54 Å². The monoisotopic (exact) mass is 256 g/mol. The standard InChI is InChI=1S/C13H18F2N2O/c1-3-6-16-13(18)9(2)17-8-10-4-5-11(14)12(15)7-10/h4-5,7,9,17H,3,6,8H2,1-2H3,(H,16,18). The Morgan fingerprint density at radius 1 is 1.33 bits per heavy atom. The van der Waals surface area contributed by atoms with Crippen LogP contribution in [-0.2, 0) is 11.3 Å². The highest BCUT2D eigenvalue weighted by atomic mass is 19.2. The summed E-state index contributed by atoms with van der Waals surface area (Å²) < 4.78 is 25.7. The molecule has 1 unspecified atom stereocenters. The number of carbonyl (C=O) groups excluding carboxylic acids is 1. The van der Waals surface area contributed by atoms with Crippen LogP contribution in [0.25, 0.3) is 0 Å². The van der Waals surface area contributed by atoms with E-state index in [1.54, 1.807) is 6.92 Å². The van der Waals surface area contributed by atoms with E-state index in [0.717, 1.165) is 18.6 Å². The van der Waals surface area contributed by atoms with E-state index in [1.165, 1.54) is 6.07 Å². The minimum atomic E-state index is -0.877. The van der Waals surface area contributed by atoms with Crippen molar-refractivity contribution in [1.82, 2.24) is 10.6 Å². The van der Waals surface area contributed by atoms with Gasteiger partial charge in [0, 0.05) is 13.1 Å². The molecule has 0 aliphatic heterocycles. The number of benzene rings is 1. The van der Waals surface area contributed by atoms with E-state index >= 15 is 0 Å². The van der Waals surface area contributed by atoms with E-state index < -0.39 is 11.6 Å². The summed E-state index contributed by atoms with van der Waals surface area (Å²) in [5, 5.41) is 5.71. The maximum atomic E-state index is 12.9. The van der Waals surface area contributed by atoms with Crippen molar-refractivity contribution >= 4 is 5.91 Å². The predicted octanol–water partition coefficient (Wildman–Crippen LogP) is 1.97. The van der Waals surface area contributed by atoms with Crippen LogP contribution in [0, 0.1) is 11.6 Å². The van der Waals surface area contributed by atoms with Crippen LogP contribution in [0.5, 0.6) is 0 Å². The van der Waals surface area contributed by atoms with Crippen LogP contribution in [0.2, 0.25) is 0 Å². The summed E-state index contributed by atoms with van der Waals surface area (Å²) in [4.78, 5) is 11.5. The molecule has 0 radical (unpaired) electrons. The Kier molecular flexibility index (Phi) is 5.71. The van der Waals surface area contributed by atoms with E-state index in [0.29, 0.717) is 18.7 Å². The molecule has 1 rings (SSSR count). The maximum absolute atomic E-state index is 12.9. The van der Waals surface area contributed by atoms with Crippen molar-refractivity contribution in [3.8, 4) is 0 Å². The first-order valence-corrected chi connectivity index (χ1v) is 5.99. The van der Waals surface area contributed by atoms with Gasteiger partial charge in [0.2, 0.25) is 5.91 Å². The molecule has 0 spiro atoms. The summed E-state index contributed by atoms with van der Waals surface area (Å²) in [6.45, 7) is 4.65.